The van der Waals surface area contributed by atoms with Gasteiger partial charge in [0.2, 0.25) is 10.0 Å². The Kier molecular flexibility index (Phi) is 4.90. The fourth-order valence-corrected chi connectivity index (χ4v) is 4.30. The number of sulfonamides is 1. The average Bonchev–Trinajstić information content (AvgIpc) is 3.04. The van der Waals surface area contributed by atoms with E-state index in [1.54, 1.807) is 6.07 Å². The number of benzene rings is 1. The van der Waals surface area contributed by atoms with E-state index in [1.165, 1.54) is 6.07 Å². The minimum Gasteiger partial charge on any atom is -0.310 e. The lowest BCUT2D eigenvalue weighted by Gasteiger charge is -2.17. The highest BCUT2D eigenvalue weighted by molar-refractivity contribution is 7.89. The highest BCUT2D eigenvalue weighted by Gasteiger charge is 2.41. The molecule has 0 amide bonds. The zero-order chi connectivity index (χ0) is 15.8. The maximum atomic E-state index is 12.5. The SMILES string of the molecule is CC(C)NCc1c(Cl)ccc(S(=O)(=O)NC2(C)CC2)c1Cl. The molecule has 0 aliphatic heterocycles. The molecule has 2 N–H and O–H groups in total. The van der Waals surface area contributed by atoms with Crippen LogP contribution in [0.1, 0.15) is 39.2 Å². The third-order valence-corrected chi connectivity index (χ3v) is 6.09. The monoisotopic (exact) mass is 350 g/mol. The van der Waals surface area contributed by atoms with Gasteiger partial charge in [0.15, 0.2) is 0 Å². The fourth-order valence-electron chi connectivity index (χ4n) is 1.92. The van der Waals surface area contributed by atoms with Gasteiger partial charge in [0.05, 0.1) is 5.02 Å². The van der Waals surface area contributed by atoms with Gasteiger partial charge in [-0.15, -0.1) is 0 Å². The summed E-state index contributed by atoms with van der Waals surface area (Å²) >= 11 is 12.4. The Hall–Kier alpha value is -0.330. The van der Waals surface area contributed by atoms with Crippen LogP contribution in [0.25, 0.3) is 0 Å². The summed E-state index contributed by atoms with van der Waals surface area (Å²) in [4.78, 5) is 0.0854. The van der Waals surface area contributed by atoms with Crippen LogP contribution in [0, 0.1) is 0 Å². The molecule has 0 spiro atoms. The first-order valence-corrected chi connectivity index (χ1v) is 9.13. The molecule has 1 aromatic rings. The Morgan fingerprint density at radius 2 is 1.90 bits per heavy atom. The molecule has 1 fully saturated rings. The van der Waals surface area contributed by atoms with Gasteiger partial charge in [0, 0.05) is 28.7 Å². The number of halogens is 2. The van der Waals surface area contributed by atoms with E-state index in [4.69, 9.17) is 23.2 Å². The summed E-state index contributed by atoms with van der Waals surface area (Å²) < 4.78 is 27.6. The van der Waals surface area contributed by atoms with Gasteiger partial charge in [-0.1, -0.05) is 37.0 Å². The second kappa shape index (κ2) is 6.05. The van der Waals surface area contributed by atoms with Crippen molar-refractivity contribution in [3.63, 3.8) is 0 Å². The van der Waals surface area contributed by atoms with Crippen molar-refractivity contribution in [1.29, 1.82) is 0 Å². The predicted octanol–water partition coefficient (Wildman–Crippen LogP) is 3.32. The minimum atomic E-state index is -3.63. The lowest BCUT2D eigenvalue weighted by atomic mass is 10.2. The van der Waals surface area contributed by atoms with Gasteiger partial charge in [0.25, 0.3) is 0 Å². The molecule has 1 aliphatic rings. The summed E-state index contributed by atoms with van der Waals surface area (Å²) in [6.07, 6.45) is 1.69. The first kappa shape index (κ1) is 17.0. The maximum absolute atomic E-state index is 12.5. The number of rotatable bonds is 6. The van der Waals surface area contributed by atoms with Gasteiger partial charge >= 0.3 is 0 Å². The van der Waals surface area contributed by atoms with Crippen molar-refractivity contribution in [3.8, 4) is 0 Å². The Morgan fingerprint density at radius 1 is 1.29 bits per heavy atom. The summed E-state index contributed by atoms with van der Waals surface area (Å²) in [6.45, 7) is 6.31. The molecule has 0 saturated heterocycles. The Balaban J connectivity index is 2.34. The number of hydrogen-bond acceptors (Lipinski definition) is 3. The Labute approximate surface area is 136 Å². The molecule has 0 atom stereocenters. The van der Waals surface area contributed by atoms with Crippen LogP contribution in [0.15, 0.2) is 17.0 Å². The normalized spacial score (nSPS) is 17.2. The quantitative estimate of drug-likeness (QED) is 0.827. The first-order chi connectivity index (χ1) is 9.65. The molecule has 1 saturated carbocycles. The van der Waals surface area contributed by atoms with Crippen LogP contribution in [0.4, 0.5) is 0 Å². The summed E-state index contributed by atoms with van der Waals surface area (Å²) in [5.74, 6) is 0. The molecule has 21 heavy (non-hydrogen) atoms. The molecule has 0 bridgehead atoms. The van der Waals surface area contributed by atoms with Crippen LogP contribution in [-0.4, -0.2) is 20.0 Å². The Bertz CT molecular complexity index is 641. The van der Waals surface area contributed by atoms with E-state index in [2.05, 4.69) is 10.0 Å². The molecule has 1 aromatic carbocycles. The highest BCUT2D eigenvalue weighted by Crippen LogP contribution is 2.38. The van der Waals surface area contributed by atoms with Gasteiger partial charge in [-0.25, -0.2) is 13.1 Å². The van der Waals surface area contributed by atoms with E-state index in [0.717, 1.165) is 12.8 Å². The predicted molar refractivity (Wildman–Crippen MR) is 86.4 cm³/mol. The third-order valence-electron chi connectivity index (χ3n) is 3.51. The van der Waals surface area contributed by atoms with Gasteiger partial charge in [0.1, 0.15) is 4.90 Å². The van der Waals surface area contributed by atoms with Crippen LogP contribution < -0.4 is 10.0 Å². The molecular weight excluding hydrogens is 331 g/mol. The van der Waals surface area contributed by atoms with Crippen LogP contribution in [0.5, 0.6) is 0 Å². The molecular formula is C14H20Cl2N2O2S. The average molecular weight is 351 g/mol. The highest BCUT2D eigenvalue weighted by atomic mass is 35.5. The molecule has 1 aliphatic carbocycles. The number of nitrogens with one attached hydrogen (secondary N) is 2. The molecule has 0 unspecified atom stereocenters. The van der Waals surface area contributed by atoms with Crippen molar-refractivity contribution in [3.05, 3.63) is 27.7 Å². The maximum Gasteiger partial charge on any atom is 0.242 e. The van der Waals surface area contributed by atoms with Gasteiger partial charge in [-0.05, 0) is 31.9 Å². The van der Waals surface area contributed by atoms with E-state index >= 15 is 0 Å². The minimum absolute atomic E-state index is 0.0854. The standard InChI is InChI=1S/C14H20Cl2N2O2S/c1-9(2)17-8-10-11(15)4-5-12(13(10)16)21(19,20)18-14(3)6-7-14/h4-5,9,17-18H,6-8H2,1-3H3. The molecule has 0 heterocycles. The molecule has 0 radical (unpaired) electrons. The van der Waals surface area contributed by atoms with Crippen LogP contribution in [0.2, 0.25) is 10.0 Å². The van der Waals surface area contributed by atoms with Crippen molar-refractivity contribution in [2.75, 3.05) is 0 Å². The summed E-state index contributed by atoms with van der Waals surface area (Å²) in [5.41, 5.74) is 0.272. The van der Waals surface area contributed by atoms with E-state index in [-0.39, 0.29) is 21.5 Å². The van der Waals surface area contributed by atoms with Crippen LogP contribution >= 0.6 is 23.2 Å². The fraction of sp³-hybridized carbons (Fsp3) is 0.571. The van der Waals surface area contributed by atoms with Crippen molar-refractivity contribution >= 4 is 33.2 Å². The summed E-state index contributed by atoms with van der Waals surface area (Å²) in [6, 6.07) is 3.28. The molecule has 4 nitrogen and oxygen atoms in total. The zero-order valence-corrected chi connectivity index (χ0v) is 14.7. The van der Waals surface area contributed by atoms with Crippen molar-refractivity contribution in [2.45, 2.75) is 56.6 Å². The second-order valence-corrected chi connectivity index (χ2v) is 8.48. The van der Waals surface area contributed by atoms with Crippen LogP contribution in [-0.2, 0) is 16.6 Å². The van der Waals surface area contributed by atoms with E-state index in [9.17, 15) is 8.42 Å². The van der Waals surface area contributed by atoms with Gasteiger partial charge in [-0.3, -0.25) is 0 Å². The summed E-state index contributed by atoms with van der Waals surface area (Å²) in [7, 11) is -3.63. The van der Waals surface area contributed by atoms with Crippen molar-refractivity contribution in [1.82, 2.24) is 10.0 Å². The smallest absolute Gasteiger partial charge is 0.242 e. The topological polar surface area (TPSA) is 58.2 Å². The molecule has 2 rings (SSSR count). The van der Waals surface area contributed by atoms with Crippen LogP contribution in [0.3, 0.4) is 0 Å². The van der Waals surface area contributed by atoms with Crippen molar-refractivity contribution in [2.24, 2.45) is 0 Å². The largest absolute Gasteiger partial charge is 0.310 e. The lowest BCUT2D eigenvalue weighted by molar-refractivity contribution is 0.557. The van der Waals surface area contributed by atoms with E-state index in [0.29, 0.717) is 17.1 Å². The first-order valence-electron chi connectivity index (χ1n) is 6.89. The van der Waals surface area contributed by atoms with Crippen molar-refractivity contribution < 1.29 is 8.42 Å². The number of hydrogen-bond donors (Lipinski definition) is 2. The third kappa shape index (κ3) is 4.11. The lowest BCUT2D eigenvalue weighted by Crippen LogP contribution is -2.34. The second-order valence-electron chi connectivity index (χ2n) is 6.04. The van der Waals surface area contributed by atoms with E-state index < -0.39 is 10.0 Å². The Morgan fingerprint density at radius 3 is 2.43 bits per heavy atom. The van der Waals surface area contributed by atoms with E-state index in [1.807, 2.05) is 20.8 Å². The molecule has 0 aromatic heterocycles. The molecule has 118 valence electrons. The zero-order valence-electron chi connectivity index (χ0n) is 12.3. The molecule has 7 heteroatoms. The summed E-state index contributed by atoms with van der Waals surface area (Å²) in [5, 5.41) is 3.85. The van der Waals surface area contributed by atoms with Gasteiger partial charge < -0.3 is 5.32 Å². The van der Waals surface area contributed by atoms with Gasteiger partial charge in [-0.2, -0.15) is 0 Å².